The van der Waals surface area contributed by atoms with Gasteiger partial charge in [-0.25, -0.2) is 9.97 Å². The molecule has 0 atom stereocenters. The van der Waals surface area contributed by atoms with Crippen LogP contribution < -0.4 is 5.32 Å². The third kappa shape index (κ3) is 3.28. The van der Waals surface area contributed by atoms with Crippen LogP contribution in [0.5, 0.6) is 0 Å². The average molecular weight is 300 g/mol. The molecule has 0 bridgehead atoms. The van der Waals surface area contributed by atoms with Crippen LogP contribution in [-0.4, -0.2) is 16.2 Å². The third-order valence-corrected chi connectivity index (χ3v) is 3.67. The van der Waals surface area contributed by atoms with Crippen LogP contribution in [0.4, 0.5) is 5.69 Å². The van der Waals surface area contributed by atoms with E-state index in [0.29, 0.717) is 16.6 Å². The molecular weight excluding hydrogens is 289 g/mol. The van der Waals surface area contributed by atoms with Crippen molar-refractivity contribution in [1.29, 1.82) is 0 Å². The van der Waals surface area contributed by atoms with Gasteiger partial charge in [0.1, 0.15) is 0 Å². The molecule has 0 amide bonds. The van der Waals surface area contributed by atoms with Gasteiger partial charge in [0.2, 0.25) is 0 Å². The zero-order valence-electron chi connectivity index (χ0n) is 9.65. The predicted octanol–water partition coefficient (Wildman–Crippen LogP) is 4.12. The molecule has 1 aromatic heterocycles. The van der Waals surface area contributed by atoms with E-state index < -0.39 is 0 Å². The van der Waals surface area contributed by atoms with Crippen molar-refractivity contribution < 1.29 is 0 Å². The molecule has 94 valence electrons. The summed E-state index contributed by atoms with van der Waals surface area (Å²) in [5.74, 6) is 0. The second-order valence-corrected chi connectivity index (χ2v) is 5.05. The molecule has 0 spiro atoms. The van der Waals surface area contributed by atoms with Crippen molar-refractivity contribution in [3.05, 3.63) is 46.2 Å². The van der Waals surface area contributed by atoms with Gasteiger partial charge in [0.15, 0.2) is 5.16 Å². The summed E-state index contributed by atoms with van der Waals surface area (Å²) in [7, 11) is 0. The third-order valence-electron chi connectivity index (χ3n) is 2.29. The lowest BCUT2D eigenvalue weighted by Gasteiger charge is -2.09. The lowest BCUT2D eigenvalue weighted by atomic mass is 10.3. The summed E-state index contributed by atoms with van der Waals surface area (Å²) in [6.45, 7) is 0.580. The Kier molecular flexibility index (Phi) is 4.69. The molecule has 1 aromatic carbocycles. The fourth-order valence-corrected chi connectivity index (χ4v) is 2.14. The minimum atomic E-state index is 0.526. The van der Waals surface area contributed by atoms with Gasteiger partial charge in [0, 0.05) is 6.20 Å². The van der Waals surface area contributed by atoms with E-state index in [-0.39, 0.29) is 0 Å². The topological polar surface area (TPSA) is 37.8 Å². The monoisotopic (exact) mass is 299 g/mol. The lowest BCUT2D eigenvalue weighted by molar-refractivity contribution is 0.896. The molecule has 18 heavy (non-hydrogen) atoms. The van der Waals surface area contributed by atoms with Crippen LogP contribution in [0.3, 0.4) is 0 Å². The van der Waals surface area contributed by atoms with Gasteiger partial charge in [-0.05, 0) is 24.5 Å². The Morgan fingerprint density at radius 1 is 1.28 bits per heavy atom. The summed E-state index contributed by atoms with van der Waals surface area (Å²) >= 11 is 13.5. The number of rotatable bonds is 4. The molecule has 0 radical (unpaired) electrons. The Morgan fingerprint density at radius 3 is 2.89 bits per heavy atom. The van der Waals surface area contributed by atoms with Crippen molar-refractivity contribution in [2.45, 2.75) is 11.7 Å². The van der Waals surface area contributed by atoms with Crippen molar-refractivity contribution in [3.63, 3.8) is 0 Å². The maximum absolute atomic E-state index is 6.09. The summed E-state index contributed by atoms with van der Waals surface area (Å²) in [5.41, 5.74) is 1.71. The molecule has 0 saturated carbocycles. The fourth-order valence-electron chi connectivity index (χ4n) is 1.40. The van der Waals surface area contributed by atoms with Crippen LogP contribution in [0.2, 0.25) is 10.0 Å². The zero-order valence-corrected chi connectivity index (χ0v) is 12.0. The molecule has 2 rings (SSSR count). The second-order valence-electron chi connectivity index (χ2n) is 3.49. The number of nitrogens with zero attached hydrogens (tertiary/aromatic N) is 2. The van der Waals surface area contributed by atoms with E-state index in [4.69, 9.17) is 23.2 Å². The number of nitrogens with one attached hydrogen (secondary N) is 1. The Bertz CT molecular complexity index is 549. The first-order valence-corrected chi connectivity index (χ1v) is 7.22. The van der Waals surface area contributed by atoms with Crippen LogP contribution >= 0.6 is 35.0 Å². The van der Waals surface area contributed by atoms with Crippen molar-refractivity contribution in [2.24, 2.45) is 0 Å². The Balaban J connectivity index is 2.09. The highest BCUT2D eigenvalue weighted by Gasteiger charge is 2.04. The molecule has 6 heteroatoms. The molecule has 0 fully saturated rings. The van der Waals surface area contributed by atoms with Crippen molar-refractivity contribution in [1.82, 2.24) is 9.97 Å². The first kappa shape index (κ1) is 13.5. The minimum Gasteiger partial charge on any atom is -0.378 e. The highest BCUT2D eigenvalue weighted by atomic mass is 35.5. The molecule has 0 aliphatic heterocycles. The smallest absolute Gasteiger partial charge is 0.187 e. The van der Waals surface area contributed by atoms with E-state index in [0.717, 1.165) is 16.5 Å². The van der Waals surface area contributed by atoms with Crippen molar-refractivity contribution in [3.8, 4) is 0 Å². The number of halogens is 2. The van der Waals surface area contributed by atoms with Crippen LogP contribution in [0.1, 0.15) is 5.69 Å². The number of thioether (sulfide) groups is 1. The maximum Gasteiger partial charge on any atom is 0.187 e. The normalized spacial score (nSPS) is 10.4. The van der Waals surface area contributed by atoms with Crippen molar-refractivity contribution >= 4 is 40.7 Å². The Morgan fingerprint density at radius 2 is 2.11 bits per heavy atom. The quantitative estimate of drug-likeness (QED) is 0.681. The summed E-state index contributed by atoms with van der Waals surface area (Å²) in [6.07, 6.45) is 3.69. The molecule has 2 aromatic rings. The van der Waals surface area contributed by atoms with Crippen molar-refractivity contribution in [2.75, 3.05) is 11.6 Å². The molecule has 1 N–H and O–H groups in total. The summed E-state index contributed by atoms with van der Waals surface area (Å²) in [5, 5.41) is 5.02. The second kappa shape index (κ2) is 6.27. The number of benzene rings is 1. The van der Waals surface area contributed by atoms with Crippen LogP contribution in [0.25, 0.3) is 0 Å². The summed E-state index contributed by atoms with van der Waals surface area (Å²) in [6, 6.07) is 7.35. The van der Waals surface area contributed by atoms with E-state index in [1.165, 1.54) is 11.8 Å². The van der Waals surface area contributed by atoms with E-state index in [2.05, 4.69) is 15.3 Å². The van der Waals surface area contributed by atoms with Crippen LogP contribution in [-0.2, 0) is 6.54 Å². The van der Waals surface area contributed by atoms with E-state index in [9.17, 15) is 0 Å². The molecule has 3 nitrogen and oxygen atoms in total. The number of aromatic nitrogens is 2. The van der Waals surface area contributed by atoms with Crippen LogP contribution in [0, 0.1) is 0 Å². The first-order chi connectivity index (χ1) is 8.70. The van der Waals surface area contributed by atoms with Gasteiger partial charge in [-0.3, -0.25) is 0 Å². The largest absolute Gasteiger partial charge is 0.378 e. The zero-order chi connectivity index (χ0) is 13.0. The average Bonchev–Trinajstić information content (AvgIpc) is 2.41. The molecule has 0 saturated heterocycles. The van der Waals surface area contributed by atoms with Gasteiger partial charge < -0.3 is 5.32 Å². The molecule has 0 unspecified atom stereocenters. The lowest BCUT2D eigenvalue weighted by Crippen LogP contribution is -2.03. The molecule has 0 aliphatic carbocycles. The van der Waals surface area contributed by atoms with E-state index in [1.807, 2.05) is 24.5 Å². The fraction of sp³-hybridized carbons (Fsp3) is 0.167. The number of hydrogen-bond donors (Lipinski definition) is 1. The number of anilines is 1. The SMILES string of the molecule is CSc1nccc(CNc2cccc(Cl)c2Cl)n1. The molecular formula is C12H11Cl2N3S. The Hall–Kier alpha value is -0.970. The van der Waals surface area contributed by atoms with Gasteiger partial charge in [0.25, 0.3) is 0 Å². The van der Waals surface area contributed by atoms with Gasteiger partial charge in [0.05, 0.1) is 28.0 Å². The minimum absolute atomic E-state index is 0.526. The summed E-state index contributed by atoms with van der Waals surface area (Å²) in [4.78, 5) is 8.49. The predicted molar refractivity (Wildman–Crippen MR) is 77.6 cm³/mol. The van der Waals surface area contributed by atoms with Gasteiger partial charge >= 0.3 is 0 Å². The highest BCUT2D eigenvalue weighted by molar-refractivity contribution is 7.98. The maximum atomic E-state index is 6.09. The van der Waals surface area contributed by atoms with E-state index in [1.54, 1.807) is 12.3 Å². The van der Waals surface area contributed by atoms with Gasteiger partial charge in [-0.1, -0.05) is 41.0 Å². The summed E-state index contributed by atoms with van der Waals surface area (Å²) < 4.78 is 0. The Labute approximate surface area is 120 Å². The molecule has 0 aliphatic rings. The molecule has 1 heterocycles. The standard InChI is InChI=1S/C12H11Cl2N3S/c1-18-12-15-6-5-8(17-12)7-16-10-4-2-3-9(13)11(10)14/h2-6,16H,7H2,1H3. The number of hydrogen-bond acceptors (Lipinski definition) is 4. The van der Waals surface area contributed by atoms with Gasteiger partial charge in [-0.15, -0.1) is 0 Å². The highest BCUT2D eigenvalue weighted by Crippen LogP contribution is 2.29. The first-order valence-electron chi connectivity index (χ1n) is 5.24. The van der Waals surface area contributed by atoms with Crippen LogP contribution in [0.15, 0.2) is 35.6 Å². The van der Waals surface area contributed by atoms with Gasteiger partial charge in [-0.2, -0.15) is 0 Å². The van der Waals surface area contributed by atoms with E-state index >= 15 is 0 Å².